The van der Waals surface area contributed by atoms with E-state index in [9.17, 15) is 9.59 Å². The molecule has 1 aliphatic rings. The summed E-state index contributed by atoms with van der Waals surface area (Å²) in [7, 11) is 0. The zero-order chi connectivity index (χ0) is 24.2. The lowest BCUT2D eigenvalue weighted by atomic mass is 9.87. The van der Waals surface area contributed by atoms with Crippen molar-refractivity contribution in [2.45, 2.75) is 44.6 Å². The zero-order valence-corrected chi connectivity index (χ0v) is 20.1. The highest BCUT2D eigenvalue weighted by Crippen LogP contribution is 2.30. The number of carboxylic acid groups (broad SMARTS) is 1. The number of pyridine rings is 1. The smallest absolute Gasteiger partial charge is 0.306 e. The van der Waals surface area contributed by atoms with E-state index in [0.29, 0.717) is 41.3 Å². The van der Waals surface area contributed by atoms with Gasteiger partial charge < -0.3 is 14.3 Å². The Morgan fingerprint density at radius 2 is 1.82 bits per heavy atom. The van der Waals surface area contributed by atoms with Gasteiger partial charge >= 0.3 is 5.97 Å². The number of carbonyl (C=O) groups excluding carboxylic acids is 1. The first kappa shape index (κ1) is 24.4. The van der Waals surface area contributed by atoms with Crippen LogP contribution in [-0.2, 0) is 17.6 Å². The molecule has 11 heteroatoms. The Hall–Kier alpha value is -2.68. The van der Waals surface area contributed by atoms with E-state index in [4.69, 9.17) is 49.1 Å². The molecule has 4 rings (SSSR count). The van der Waals surface area contributed by atoms with E-state index in [2.05, 4.69) is 15.2 Å². The van der Waals surface area contributed by atoms with Gasteiger partial charge in [0, 0.05) is 22.7 Å². The van der Waals surface area contributed by atoms with Crippen molar-refractivity contribution in [3.8, 4) is 5.88 Å². The molecule has 178 valence electrons. The van der Waals surface area contributed by atoms with E-state index in [1.54, 1.807) is 24.3 Å². The second-order valence-corrected chi connectivity index (χ2v) is 9.32. The molecule has 0 radical (unpaired) electrons. The predicted molar refractivity (Wildman–Crippen MR) is 125 cm³/mol. The molecule has 1 N–H and O–H groups in total. The zero-order valence-electron chi connectivity index (χ0n) is 17.8. The molecule has 1 aliphatic carbocycles. The number of ether oxygens (including phenoxy) is 1. The van der Waals surface area contributed by atoms with E-state index < -0.39 is 5.97 Å². The molecule has 0 atom stereocenters. The van der Waals surface area contributed by atoms with Gasteiger partial charge in [-0.15, -0.1) is 10.2 Å². The Balaban J connectivity index is 1.34. The standard InChI is InChI=1S/C23H20Cl3N3O5/c24-15-4-1-14(17(25)10-15)9-20-28-29-22(34-20)19(30)8-12-7-18(26)21(27-11-12)33-16-5-2-13(3-6-16)23(31)32/h1,4,7,10-11,13,16H,2-3,5-6,8-9H2,(H,31,32). The van der Waals surface area contributed by atoms with Crippen molar-refractivity contribution in [3.05, 3.63) is 68.4 Å². The van der Waals surface area contributed by atoms with Crippen LogP contribution in [-0.4, -0.2) is 38.1 Å². The third-order valence-corrected chi connectivity index (χ3v) is 6.45. The Kier molecular flexibility index (Phi) is 7.70. The molecular formula is C23H20Cl3N3O5. The van der Waals surface area contributed by atoms with Gasteiger partial charge in [-0.05, 0) is 55.0 Å². The molecule has 0 aliphatic heterocycles. The Morgan fingerprint density at radius 1 is 1.06 bits per heavy atom. The average Bonchev–Trinajstić information content (AvgIpc) is 3.27. The van der Waals surface area contributed by atoms with E-state index in [1.807, 2.05) is 0 Å². The van der Waals surface area contributed by atoms with Gasteiger partial charge in [-0.25, -0.2) is 4.98 Å². The third-order valence-electron chi connectivity index (χ3n) is 5.59. The maximum absolute atomic E-state index is 12.6. The molecule has 3 aromatic rings. The van der Waals surface area contributed by atoms with Gasteiger partial charge in [0.05, 0.1) is 12.3 Å². The highest BCUT2D eigenvalue weighted by molar-refractivity contribution is 6.35. The van der Waals surface area contributed by atoms with Crippen molar-refractivity contribution in [1.82, 2.24) is 15.2 Å². The van der Waals surface area contributed by atoms with Crippen LogP contribution >= 0.6 is 34.8 Å². The summed E-state index contributed by atoms with van der Waals surface area (Å²) in [5.74, 6) is -1.08. The summed E-state index contributed by atoms with van der Waals surface area (Å²) in [5, 5.41) is 18.1. The average molecular weight is 525 g/mol. The highest BCUT2D eigenvalue weighted by atomic mass is 35.5. The first-order valence-electron chi connectivity index (χ1n) is 10.6. The number of hydrogen-bond donors (Lipinski definition) is 1. The summed E-state index contributed by atoms with van der Waals surface area (Å²) in [5.41, 5.74) is 1.31. The van der Waals surface area contributed by atoms with Gasteiger partial charge in [-0.1, -0.05) is 40.9 Å². The fourth-order valence-electron chi connectivity index (χ4n) is 3.76. The lowest BCUT2D eigenvalue weighted by molar-refractivity contribution is -0.143. The lowest BCUT2D eigenvalue weighted by Crippen LogP contribution is -2.28. The van der Waals surface area contributed by atoms with Crippen LogP contribution in [0.15, 0.2) is 34.9 Å². The molecule has 2 aromatic heterocycles. The molecular weight excluding hydrogens is 505 g/mol. The van der Waals surface area contributed by atoms with Crippen LogP contribution in [0.1, 0.15) is 53.4 Å². The molecule has 34 heavy (non-hydrogen) atoms. The second kappa shape index (κ2) is 10.7. The largest absolute Gasteiger partial charge is 0.481 e. The van der Waals surface area contributed by atoms with Gasteiger partial charge in [-0.3, -0.25) is 9.59 Å². The number of carboxylic acids is 1. The van der Waals surface area contributed by atoms with E-state index in [1.165, 1.54) is 6.20 Å². The van der Waals surface area contributed by atoms with Crippen LogP contribution in [0, 0.1) is 5.92 Å². The van der Waals surface area contributed by atoms with Crippen molar-refractivity contribution < 1.29 is 23.8 Å². The number of aromatic nitrogens is 3. The van der Waals surface area contributed by atoms with Crippen molar-refractivity contribution in [2.75, 3.05) is 0 Å². The first-order valence-corrected chi connectivity index (χ1v) is 11.7. The summed E-state index contributed by atoms with van der Waals surface area (Å²) >= 11 is 18.4. The summed E-state index contributed by atoms with van der Waals surface area (Å²) in [6.07, 6.45) is 3.96. The van der Waals surface area contributed by atoms with Gasteiger partial charge in [0.1, 0.15) is 11.1 Å². The second-order valence-electron chi connectivity index (χ2n) is 8.07. The summed E-state index contributed by atoms with van der Waals surface area (Å²) in [6.45, 7) is 0. The van der Waals surface area contributed by atoms with E-state index in [-0.39, 0.29) is 53.3 Å². The van der Waals surface area contributed by atoms with Crippen LogP contribution in [0.3, 0.4) is 0 Å². The molecule has 1 fully saturated rings. The van der Waals surface area contributed by atoms with E-state index in [0.717, 1.165) is 5.56 Å². The number of hydrogen-bond acceptors (Lipinski definition) is 7. The molecule has 0 unspecified atom stereocenters. The van der Waals surface area contributed by atoms with Crippen LogP contribution < -0.4 is 4.74 Å². The van der Waals surface area contributed by atoms with Crippen molar-refractivity contribution in [1.29, 1.82) is 0 Å². The number of benzene rings is 1. The molecule has 0 bridgehead atoms. The number of nitrogens with zero attached hydrogens (tertiary/aromatic N) is 3. The molecule has 0 saturated heterocycles. The summed E-state index contributed by atoms with van der Waals surface area (Å²) in [6, 6.07) is 6.68. The van der Waals surface area contributed by atoms with Gasteiger partial charge in [0.2, 0.25) is 17.6 Å². The monoisotopic (exact) mass is 523 g/mol. The fourth-order valence-corrected chi connectivity index (χ4v) is 4.47. The predicted octanol–water partition coefficient (Wildman–Crippen LogP) is 5.46. The van der Waals surface area contributed by atoms with Crippen LogP contribution in [0.5, 0.6) is 5.88 Å². The third kappa shape index (κ3) is 6.05. The molecule has 1 aromatic carbocycles. The topological polar surface area (TPSA) is 115 Å². The van der Waals surface area contributed by atoms with Gasteiger partial charge in [0.25, 0.3) is 5.89 Å². The minimum atomic E-state index is -0.772. The fraction of sp³-hybridized carbons (Fsp3) is 0.348. The minimum Gasteiger partial charge on any atom is -0.481 e. The Labute approximate surface area is 210 Å². The first-order chi connectivity index (χ1) is 16.3. The Bertz CT molecular complexity index is 1210. The quantitative estimate of drug-likeness (QED) is 0.386. The number of aliphatic carboxylic acids is 1. The molecule has 1 saturated carbocycles. The molecule has 0 spiro atoms. The van der Waals surface area contributed by atoms with Crippen LogP contribution in [0.2, 0.25) is 15.1 Å². The summed E-state index contributed by atoms with van der Waals surface area (Å²) < 4.78 is 11.4. The van der Waals surface area contributed by atoms with Gasteiger partial charge in [0.15, 0.2) is 0 Å². The lowest BCUT2D eigenvalue weighted by Gasteiger charge is -2.26. The number of Topliss-reactive ketones (excluding diaryl/α,β-unsaturated/α-hetero) is 1. The number of rotatable bonds is 8. The molecule has 0 amide bonds. The molecule has 2 heterocycles. The van der Waals surface area contributed by atoms with Crippen molar-refractivity contribution >= 4 is 46.6 Å². The number of ketones is 1. The van der Waals surface area contributed by atoms with Crippen molar-refractivity contribution in [3.63, 3.8) is 0 Å². The maximum atomic E-state index is 12.6. The SMILES string of the molecule is O=C(Cc1cnc(OC2CCC(C(=O)O)CC2)c(Cl)c1)c1nnc(Cc2ccc(Cl)cc2Cl)o1. The van der Waals surface area contributed by atoms with E-state index >= 15 is 0 Å². The number of carbonyl (C=O) groups is 2. The van der Waals surface area contributed by atoms with Crippen molar-refractivity contribution in [2.24, 2.45) is 5.92 Å². The normalized spacial score (nSPS) is 18.0. The highest BCUT2D eigenvalue weighted by Gasteiger charge is 2.27. The van der Waals surface area contributed by atoms with Gasteiger partial charge in [-0.2, -0.15) is 0 Å². The maximum Gasteiger partial charge on any atom is 0.306 e. The molecule has 8 nitrogen and oxygen atoms in total. The number of halogens is 3. The van der Waals surface area contributed by atoms with Crippen LogP contribution in [0.4, 0.5) is 0 Å². The Morgan fingerprint density at radius 3 is 2.50 bits per heavy atom. The van der Waals surface area contributed by atoms with Crippen LogP contribution in [0.25, 0.3) is 0 Å². The summed E-state index contributed by atoms with van der Waals surface area (Å²) in [4.78, 5) is 27.9. The minimum absolute atomic E-state index is 0.0277.